The lowest BCUT2D eigenvalue weighted by molar-refractivity contribution is -0.105. The monoisotopic (exact) mass is 252 g/mol. The molecule has 6 nitrogen and oxygen atoms in total. The first-order valence-electron chi connectivity index (χ1n) is 5.84. The Morgan fingerprint density at radius 3 is 2.83 bits per heavy atom. The van der Waals surface area contributed by atoms with Crippen molar-refractivity contribution in [3.63, 3.8) is 0 Å². The Hall–Kier alpha value is -1.82. The molecule has 1 aromatic rings. The standard InChI is InChI=1S/C12H20N4O2/c1-15(2)6-4-5-13-12(18)11-7-10(14-9-17)8-16(11)3/h7-9H,4-6H2,1-3H3,(H,13,18)(H,14,17). The van der Waals surface area contributed by atoms with Crippen molar-refractivity contribution in [2.45, 2.75) is 6.42 Å². The van der Waals surface area contributed by atoms with Gasteiger partial charge in [-0.25, -0.2) is 0 Å². The first-order valence-corrected chi connectivity index (χ1v) is 5.84. The van der Waals surface area contributed by atoms with Gasteiger partial charge in [-0.3, -0.25) is 9.59 Å². The van der Waals surface area contributed by atoms with E-state index in [1.807, 2.05) is 14.1 Å². The van der Waals surface area contributed by atoms with Gasteiger partial charge in [0, 0.05) is 19.8 Å². The normalized spacial score (nSPS) is 10.4. The number of hydrogen-bond donors (Lipinski definition) is 2. The van der Waals surface area contributed by atoms with Gasteiger partial charge in [-0.2, -0.15) is 0 Å². The van der Waals surface area contributed by atoms with Crippen molar-refractivity contribution in [1.82, 2.24) is 14.8 Å². The number of nitrogens with one attached hydrogen (secondary N) is 2. The molecule has 0 spiro atoms. The van der Waals surface area contributed by atoms with Gasteiger partial charge in [0.05, 0.1) is 5.69 Å². The molecule has 100 valence electrons. The van der Waals surface area contributed by atoms with Crippen molar-refractivity contribution < 1.29 is 9.59 Å². The zero-order valence-electron chi connectivity index (χ0n) is 11.1. The minimum Gasteiger partial charge on any atom is -0.351 e. The van der Waals surface area contributed by atoms with Crippen LogP contribution in [-0.4, -0.2) is 49.0 Å². The average molecular weight is 252 g/mol. The molecule has 1 aromatic heterocycles. The van der Waals surface area contributed by atoms with Crippen LogP contribution in [0, 0.1) is 0 Å². The first-order chi connectivity index (χ1) is 8.54. The van der Waals surface area contributed by atoms with Crippen LogP contribution in [0.25, 0.3) is 0 Å². The predicted octanol–water partition coefficient (Wildman–Crippen LogP) is 0.275. The van der Waals surface area contributed by atoms with E-state index in [2.05, 4.69) is 15.5 Å². The fraction of sp³-hybridized carbons (Fsp3) is 0.500. The second-order valence-corrected chi connectivity index (χ2v) is 4.40. The van der Waals surface area contributed by atoms with Crippen LogP contribution < -0.4 is 10.6 Å². The Kier molecular flexibility index (Phi) is 5.38. The lowest BCUT2D eigenvalue weighted by Gasteiger charge is -2.10. The largest absolute Gasteiger partial charge is 0.351 e. The second-order valence-electron chi connectivity index (χ2n) is 4.40. The Morgan fingerprint density at radius 2 is 2.22 bits per heavy atom. The number of aromatic nitrogens is 1. The molecule has 18 heavy (non-hydrogen) atoms. The Bertz CT molecular complexity index is 412. The maximum atomic E-state index is 11.9. The van der Waals surface area contributed by atoms with Gasteiger partial charge >= 0.3 is 0 Å². The van der Waals surface area contributed by atoms with Crippen LogP contribution in [0.15, 0.2) is 12.3 Å². The Morgan fingerprint density at radius 1 is 1.50 bits per heavy atom. The molecule has 6 heteroatoms. The van der Waals surface area contributed by atoms with E-state index in [1.54, 1.807) is 23.9 Å². The van der Waals surface area contributed by atoms with Crippen molar-refractivity contribution in [2.24, 2.45) is 7.05 Å². The van der Waals surface area contributed by atoms with E-state index in [1.165, 1.54) is 0 Å². The quantitative estimate of drug-likeness (QED) is 0.541. The van der Waals surface area contributed by atoms with Gasteiger partial charge in [-0.05, 0) is 33.1 Å². The third kappa shape index (κ3) is 4.21. The summed E-state index contributed by atoms with van der Waals surface area (Å²) >= 11 is 0. The maximum Gasteiger partial charge on any atom is 0.267 e. The number of aryl methyl sites for hydroxylation is 1. The average Bonchev–Trinajstić information content (AvgIpc) is 2.66. The van der Waals surface area contributed by atoms with Crippen LogP contribution >= 0.6 is 0 Å². The molecule has 2 N–H and O–H groups in total. The molecule has 1 heterocycles. The zero-order valence-corrected chi connectivity index (χ0v) is 11.1. The van der Waals surface area contributed by atoms with Crippen LogP contribution in [-0.2, 0) is 11.8 Å². The first kappa shape index (κ1) is 14.2. The summed E-state index contributed by atoms with van der Waals surface area (Å²) in [6, 6.07) is 1.65. The van der Waals surface area contributed by atoms with Gasteiger partial charge < -0.3 is 20.1 Å². The predicted molar refractivity (Wildman–Crippen MR) is 70.6 cm³/mol. The van der Waals surface area contributed by atoms with E-state index in [9.17, 15) is 9.59 Å². The summed E-state index contributed by atoms with van der Waals surface area (Å²) in [5.74, 6) is -0.129. The van der Waals surface area contributed by atoms with Crippen molar-refractivity contribution in [3.05, 3.63) is 18.0 Å². The van der Waals surface area contributed by atoms with Crippen LogP contribution in [0.4, 0.5) is 5.69 Å². The fourth-order valence-corrected chi connectivity index (χ4v) is 1.63. The molecule has 0 fully saturated rings. The number of anilines is 1. The SMILES string of the molecule is CN(C)CCCNC(=O)c1cc(NC=O)cn1C. The third-order valence-corrected chi connectivity index (χ3v) is 2.53. The second kappa shape index (κ2) is 6.80. The van der Waals surface area contributed by atoms with E-state index in [0.717, 1.165) is 13.0 Å². The molecule has 0 atom stereocenters. The minimum absolute atomic E-state index is 0.129. The summed E-state index contributed by atoms with van der Waals surface area (Å²) in [7, 11) is 5.76. The minimum atomic E-state index is -0.129. The van der Waals surface area contributed by atoms with Crippen LogP contribution in [0.3, 0.4) is 0 Å². The van der Waals surface area contributed by atoms with Crippen molar-refractivity contribution >= 4 is 18.0 Å². The van der Waals surface area contributed by atoms with Gasteiger partial charge in [0.25, 0.3) is 5.91 Å². The van der Waals surface area contributed by atoms with Gasteiger partial charge in [0.2, 0.25) is 6.41 Å². The zero-order chi connectivity index (χ0) is 13.5. The highest BCUT2D eigenvalue weighted by Crippen LogP contribution is 2.11. The smallest absolute Gasteiger partial charge is 0.267 e. The van der Waals surface area contributed by atoms with Crippen molar-refractivity contribution in [2.75, 3.05) is 32.5 Å². The molecule has 0 radical (unpaired) electrons. The summed E-state index contributed by atoms with van der Waals surface area (Å²) in [6.45, 7) is 1.57. The lowest BCUT2D eigenvalue weighted by Crippen LogP contribution is -2.28. The summed E-state index contributed by atoms with van der Waals surface area (Å²) in [6.07, 6.45) is 3.19. The molecule has 0 bridgehead atoms. The fourth-order valence-electron chi connectivity index (χ4n) is 1.63. The number of carbonyl (C=O) groups excluding carboxylic acids is 2. The third-order valence-electron chi connectivity index (χ3n) is 2.53. The number of rotatable bonds is 7. The molecule has 2 amide bonds. The van der Waals surface area contributed by atoms with E-state index >= 15 is 0 Å². The molecule has 0 saturated heterocycles. The summed E-state index contributed by atoms with van der Waals surface area (Å²) < 4.78 is 1.69. The summed E-state index contributed by atoms with van der Waals surface area (Å²) in [4.78, 5) is 24.3. The Labute approximate surface area is 107 Å². The number of hydrogen-bond acceptors (Lipinski definition) is 3. The van der Waals surface area contributed by atoms with Gasteiger partial charge in [-0.15, -0.1) is 0 Å². The highest BCUT2D eigenvalue weighted by atomic mass is 16.2. The van der Waals surface area contributed by atoms with Crippen molar-refractivity contribution in [1.29, 1.82) is 0 Å². The molecule has 1 rings (SSSR count). The number of carbonyl (C=O) groups is 2. The Balaban J connectivity index is 2.48. The van der Waals surface area contributed by atoms with Gasteiger partial charge in [0.1, 0.15) is 5.69 Å². The molecule has 0 unspecified atom stereocenters. The summed E-state index contributed by atoms with van der Waals surface area (Å²) in [5.41, 5.74) is 1.15. The topological polar surface area (TPSA) is 66.4 Å². The molecule has 0 saturated carbocycles. The molecule has 0 aromatic carbocycles. The van der Waals surface area contributed by atoms with E-state index in [-0.39, 0.29) is 5.91 Å². The molecular weight excluding hydrogens is 232 g/mol. The van der Waals surface area contributed by atoms with Gasteiger partial charge in [0.15, 0.2) is 0 Å². The van der Waals surface area contributed by atoms with Crippen LogP contribution in [0.1, 0.15) is 16.9 Å². The highest BCUT2D eigenvalue weighted by Gasteiger charge is 2.10. The molecule has 0 aliphatic rings. The van der Waals surface area contributed by atoms with Gasteiger partial charge in [-0.1, -0.05) is 0 Å². The number of nitrogens with zero attached hydrogens (tertiary/aromatic N) is 2. The number of amides is 2. The maximum absolute atomic E-state index is 11.9. The molecule has 0 aliphatic heterocycles. The van der Waals surface area contributed by atoms with Crippen LogP contribution in [0.2, 0.25) is 0 Å². The highest BCUT2D eigenvalue weighted by molar-refractivity contribution is 5.94. The molecular formula is C12H20N4O2. The van der Waals surface area contributed by atoms with Crippen molar-refractivity contribution in [3.8, 4) is 0 Å². The van der Waals surface area contributed by atoms with E-state index < -0.39 is 0 Å². The van der Waals surface area contributed by atoms with E-state index in [4.69, 9.17) is 0 Å². The lowest BCUT2D eigenvalue weighted by atomic mass is 10.3. The van der Waals surface area contributed by atoms with Crippen LogP contribution in [0.5, 0.6) is 0 Å². The molecule has 0 aliphatic carbocycles. The summed E-state index contributed by atoms with van der Waals surface area (Å²) in [5, 5.41) is 5.37. The van der Waals surface area contributed by atoms with E-state index in [0.29, 0.717) is 24.3 Å².